The van der Waals surface area contributed by atoms with Gasteiger partial charge >= 0.3 is 0 Å². The minimum Gasteiger partial charge on any atom is -0.496 e. The van der Waals surface area contributed by atoms with Crippen LogP contribution in [0.3, 0.4) is 0 Å². The topological polar surface area (TPSA) is 139 Å². The number of methoxy groups -OCH3 is 1. The molecule has 224 valence electrons. The van der Waals surface area contributed by atoms with Gasteiger partial charge in [0.05, 0.1) is 19.8 Å². The van der Waals surface area contributed by atoms with Crippen LogP contribution in [0.2, 0.25) is 0 Å². The first-order valence-electron chi connectivity index (χ1n) is 14.2. The van der Waals surface area contributed by atoms with E-state index in [1.54, 1.807) is 19.2 Å². The van der Waals surface area contributed by atoms with Gasteiger partial charge in [-0.3, -0.25) is 19.2 Å². The third-order valence-electron chi connectivity index (χ3n) is 7.27. The van der Waals surface area contributed by atoms with Crippen LogP contribution in [-0.2, 0) is 25.7 Å². The number of aromatic amines is 1. The molecular weight excluding hydrogens is 536 g/mol. The Kier molecular flexibility index (Phi) is 10.0. The standard InChI is InChI=1S/C32H40N4O6/c1-32(2,3)17-26(36-30(39)25-16-22-23(34-25)11-8-12-28(22)41-4)31(40)35-24(15-21-13-14-33-29(21)38)27(37)19-42-18-20-9-6-5-7-10-20/h5-12,16,21,24,26,34H,13-15,17-19H2,1-4H3,(H,33,38)(H,35,40)(H,36,39)/t21-,24-,26-/m0/s1. The fourth-order valence-electron chi connectivity index (χ4n) is 5.13. The van der Waals surface area contributed by atoms with Gasteiger partial charge in [0.25, 0.3) is 5.91 Å². The van der Waals surface area contributed by atoms with Gasteiger partial charge in [-0.2, -0.15) is 0 Å². The van der Waals surface area contributed by atoms with E-state index in [9.17, 15) is 19.2 Å². The smallest absolute Gasteiger partial charge is 0.268 e. The third-order valence-corrected chi connectivity index (χ3v) is 7.27. The number of H-pyrrole nitrogens is 1. The number of carbonyl (C=O) groups is 4. The number of aromatic nitrogens is 1. The maximum absolute atomic E-state index is 13.7. The highest BCUT2D eigenvalue weighted by Gasteiger charge is 2.34. The van der Waals surface area contributed by atoms with Crippen molar-refractivity contribution in [3.05, 3.63) is 65.9 Å². The molecule has 3 amide bonds. The number of Topliss-reactive ketones (excluding diaryl/α,β-unsaturated/α-hetero) is 1. The minimum absolute atomic E-state index is 0.138. The average Bonchev–Trinajstić information content (AvgIpc) is 3.58. The summed E-state index contributed by atoms with van der Waals surface area (Å²) in [7, 11) is 1.56. The van der Waals surface area contributed by atoms with Gasteiger partial charge in [-0.25, -0.2) is 0 Å². The van der Waals surface area contributed by atoms with Crippen molar-refractivity contribution in [2.24, 2.45) is 11.3 Å². The van der Waals surface area contributed by atoms with Gasteiger partial charge in [-0.05, 0) is 48.4 Å². The minimum atomic E-state index is -0.946. The Morgan fingerprint density at radius 2 is 1.79 bits per heavy atom. The third kappa shape index (κ3) is 8.19. The highest BCUT2D eigenvalue weighted by atomic mass is 16.5. The van der Waals surface area contributed by atoms with Gasteiger partial charge in [-0.1, -0.05) is 57.2 Å². The van der Waals surface area contributed by atoms with E-state index in [2.05, 4.69) is 20.9 Å². The van der Waals surface area contributed by atoms with Crippen molar-refractivity contribution in [2.75, 3.05) is 20.3 Å². The van der Waals surface area contributed by atoms with Crippen LogP contribution in [0.1, 0.15) is 56.1 Å². The number of benzene rings is 2. The molecule has 4 rings (SSSR count). The van der Waals surface area contributed by atoms with Gasteiger partial charge < -0.3 is 30.4 Å². The number of ether oxygens (including phenoxy) is 2. The van der Waals surface area contributed by atoms with Crippen molar-refractivity contribution < 1.29 is 28.7 Å². The molecule has 1 aliphatic heterocycles. The van der Waals surface area contributed by atoms with Gasteiger partial charge in [-0.15, -0.1) is 0 Å². The Bertz CT molecular complexity index is 1410. The molecule has 4 N–H and O–H groups in total. The molecule has 10 heteroatoms. The molecular formula is C32H40N4O6. The molecule has 1 fully saturated rings. The van der Waals surface area contributed by atoms with Crippen LogP contribution in [0.15, 0.2) is 54.6 Å². The van der Waals surface area contributed by atoms with Crippen LogP contribution >= 0.6 is 0 Å². The second-order valence-electron chi connectivity index (χ2n) is 11.9. The molecule has 0 unspecified atom stereocenters. The Labute approximate surface area is 245 Å². The summed E-state index contributed by atoms with van der Waals surface area (Å²) in [5, 5.41) is 9.23. The summed E-state index contributed by atoms with van der Waals surface area (Å²) in [6.45, 7) is 6.46. The van der Waals surface area contributed by atoms with E-state index in [0.717, 1.165) is 16.5 Å². The quantitative estimate of drug-likeness (QED) is 0.246. The molecule has 1 aliphatic rings. The Morgan fingerprint density at radius 1 is 1.02 bits per heavy atom. The first-order chi connectivity index (χ1) is 20.0. The molecule has 2 heterocycles. The van der Waals surface area contributed by atoms with Crippen molar-refractivity contribution >= 4 is 34.4 Å². The predicted octanol–water partition coefficient (Wildman–Crippen LogP) is 3.51. The van der Waals surface area contributed by atoms with Crippen LogP contribution in [0.5, 0.6) is 5.75 Å². The summed E-state index contributed by atoms with van der Waals surface area (Å²) in [5.41, 5.74) is 1.62. The van der Waals surface area contributed by atoms with E-state index in [-0.39, 0.29) is 42.4 Å². The number of hydrogen-bond acceptors (Lipinski definition) is 6. The first kappa shape index (κ1) is 30.8. The molecule has 0 saturated carbocycles. The number of hydrogen-bond donors (Lipinski definition) is 4. The normalized spacial score (nSPS) is 16.5. The molecule has 3 atom stereocenters. The maximum Gasteiger partial charge on any atom is 0.268 e. The summed E-state index contributed by atoms with van der Waals surface area (Å²) in [6, 6.07) is 14.7. The molecule has 10 nitrogen and oxygen atoms in total. The zero-order chi connectivity index (χ0) is 30.3. The lowest BCUT2D eigenvalue weighted by molar-refractivity contribution is -0.133. The van der Waals surface area contributed by atoms with Gasteiger partial charge in [0.15, 0.2) is 5.78 Å². The van der Waals surface area contributed by atoms with E-state index in [4.69, 9.17) is 9.47 Å². The average molecular weight is 577 g/mol. The van der Waals surface area contributed by atoms with Crippen molar-refractivity contribution in [1.82, 2.24) is 20.9 Å². The number of amides is 3. The summed E-state index contributed by atoms with van der Waals surface area (Å²) in [5.74, 6) is -1.19. The van der Waals surface area contributed by atoms with Crippen molar-refractivity contribution in [3.8, 4) is 5.75 Å². The number of rotatable bonds is 13. The highest BCUT2D eigenvalue weighted by Crippen LogP contribution is 2.27. The van der Waals surface area contributed by atoms with Crippen LogP contribution in [0, 0.1) is 11.3 Å². The Hall–Kier alpha value is -4.18. The summed E-state index contributed by atoms with van der Waals surface area (Å²) in [6.07, 6.45) is 1.06. The molecule has 0 aliphatic carbocycles. The fourth-order valence-corrected chi connectivity index (χ4v) is 5.13. The number of carbonyl (C=O) groups excluding carboxylic acids is 4. The fraction of sp³-hybridized carbons (Fsp3) is 0.438. The van der Waals surface area contributed by atoms with E-state index < -0.39 is 29.8 Å². The summed E-state index contributed by atoms with van der Waals surface area (Å²) >= 11 is 0. The number of fused-ring (bicyclic) bond motifs is 1. The van der Waals surface area contributed by atoms with Crippen LogP contribution in [0.4, 0.5) is 0 Å². The van der Waals surface area contributed by atoms with Crippen molar-refractivity contribution in [1.29, 1.82) is 0 Å². The first-order valence-corrected chi connectivity index (χ1v) is 14.2. The van der Waals surface area contributed by atoms with Gasteiger partial charge in [0, 0.05) is 23.4 Å². The van der Waals surface area contributed by atoms with E-state index in [1.807, 2.05) is 63.2 Å². The van der Waals surface area contributed by atoms with E-state index in [0.29, 0.717) is 25.1 Å². The van der Waals surface area contributed by atoms with Crippen LogP contribution < -0.4 is 20.7 Å². The van der Waals surface area contributed by atoms with Crippen molar-refractivity contribution in [3.63, 3.8) is 0 Å². The molecule has 0 bridgehead atoms. The molecule has 0 radical (unpaired) electrons. The summed E-state index contributed by atoms with van der Waals surface area (Å²) in [4.78, 5) is 55.7. The summed E-state index contributed by atoms with van der Waals surface area (Å²) < 4.78 is 11.1. The number of ketones is 1. The van der Waals surface area contributed by atoms with E-state index in [1.165, 1.54) is 0 Å². The Morgan fingerprint density at radius 3 is 2.45 bits per heavy atom. The van der Waals surface area contributed by atoms with E-state index >= 15 is 0 Å². The van der Waals surface area contributed by atoms with Gasteiger partial charge in [0.1, 0.15) is 24.1 Å². The molecule has 3 aromatic rings. The number of nitrogens with one attached hydrogen (secondary N) is 4. The largest absolute Gasteiger partial charge is 0.496 e. The SMILES string of the molecule is COc1cccc2[nH]c(C(=O)N[C@@H](CC(C)(C)C)C(=O)N[C@@H](C[C@@H]3CCNC3=O)C(=O)COCc3ccccc3)cc12. The lowest BCUT2D eigenvalue weighted by atomic mass is 9.87. The predicted molar refractivity (Wildman–Crippen MR) is 159 cm³/mol. The highest BCUT2D eigenvalue weighted by molar-refractivity contribution is 6.02. The second-order valence-corrected chi connectivity index (χ2v) is 11.9. The molecule has 0 spiro atoms. The van der Waals surface area contributed by atoms with Gasteiger partial charge in [0.2, 0.25) is 11.8 Å². The molecule has 1 saturated heterocycles. The monoisotopic (exact) mass is 576 g/mol. The molecule has 42 heavy (non-hydrogen) atoms. The molecule has 1 aromatic heterocycles. The zero-order valence-electron chi connectivity index (χ0n) is 24.6. The second kappa shape index (κ2) is 13.7. The van der Waals surface area contributed by atoms with Crippen LogP contribution in [-0.4, -0.2) is 60.8 Å². The molecule has 2 aromatic carbocycles. The van der Waals surface area contributed by atoms with Crippen LogP contribution in [0.25, 0.3) is 10.9 Å². The zero-order valence-corrected chi connectivity index (χ0v) is 24.6. The van der Waals surface area contributed by atoms with Crippen molar-refractivity contribution in [2.45, 2.75) is 58.7 Å². The lowest BCUT2D eigenvalue weighted by Gasteiger charge is -2.28. The maximum atomic E-state index is 13.7. The lowest BCUT2D eigenvalue weighted by Crippen LogP contribution is -2.53. The Balaban J connectivity index is 1.49.